The zero-order valence-corrected chi connectivity index (χ0v) is 17.5. The van der Waals surface area contributed by atoms with Crippen molar-refractivity contribution in [1.29, 1.82) is 0 Å². The molecule has 2 aromatic heterocycles. The van der Waals surface area contributed by atoms with Crippen LogP contribution in [0.25, 0.3) is 5.70 Å². The number of aliphatic imine (C=N–C) groups is 2. The number of aromatic nitrogens is 2. The average molecular weight is 451 g/mol. The minimum atomic E-state index is -1.05. The fourth-order valence-corrected chi connectivity index (χ4v) is 4.19. The summed E-state index contributed by atoms with van der Waals surface area (Å²) in [5.74, 6) is 6.58. The van der Waals surface area contributed by atoms with Gasteiger partial charge in [-0.15, -0.1) is 0 Å². The SMILES string of the molecule is NN1C=NC(c2ccco2)=C2C1=NC1N(CCn3cc(C(=O)O)cn3)C(=O)N(CC3CC3)N21. The van der Waals surface area contributed by atoms with Crippen LogP contribution in [0.3, 0.4) is 0 Å². The Bertz CT molecular complexity index is 1210. The van der Waals surface area contributed by atoms with E-state index in [1.54, 1.807) is 28.3 Å². The molecule has 2 fully saturated rings. The first-order valence-corrected chi connectivity index (χ1v) is 10.6. The molecule has 3 aliphatic heterocycles. The number of aromatic carboxylic acids is 1. The lowest BCUT2D eigenvalue weighted by Gasteiger charge is -2.30. The second kappa shape index (κ2) is 7.20. The van der Waals surface area contributed by atoms with Crippen LogP contribution in [0, 0.1) is 5.92 Å². The van der Waals surface area contributed by atoms with Crippen molar-refractivity contribution in [2.24, 2.45) is 21.7 Å². The number of hydrogen-bond donors (Lipinski definition) is 2. The topological polar surface area (TPSA) is 149 Å². The van der Waals surface area contributed by atoms with Crippen molar-refractivity contribution >= 4 is 29.9 Å². The molecule has 5 heterocycles. The van der Waals surface area contributed by atoms with Crippen LogP contribution in [-0.2, 0) is 6.54 Å². The van der Waals surface area contributed by atoms with E-state index in [4.69, 9.17) is 20.4 Å². The first-order chi connectivity index (χ1) is 16.0. The van der Waals surface area contributed by atoms with Gasteiger partial charge in [-0.2, -0.15) is 5.10 Å². The molecule has 1 saturated heterocycles. The summed E-state index contributed by atoms with van der Waals surface area (Å²) in [5.41, 5.74) is 1.26. The molecule has 2 aromatic rings. The van der Waals surface area contributed by atoms with E-state index >= 15 is 0 Å². The third-order valence-corrected chi connectivity index (χ3v) is 6.02. The number of carboxylic acid groups (broad SMARTS) is 1. The van der Waals surface area contributed by atoms with Gasteiger partial charge in [0.1, 0.15) is 17.7 Å². The first-order valence-electron chi connectivity index (χ1n) is 10.6. The van der Waals surface area contributed by atoms with Crippen molar-refractivity contribution in [2.45, 2.75) is 25.7 Å². The van der Waals surface area contributed by atoms with Crippen LogP contribution >= 0.6 is 0 Å². The standard InChI is InChI=1S/C20H21N9O4/c21-27-11-22-15(14-2-1-7-33-14)16-17(27)24-19-26(6-5-25-10-13(8-23-25)18(30)31)20(32)28(29(16)19)9-12-3-4-12/h1-2,7-8,10-12,19H,3-6,9,21H2,(H,30,31). The van der Waals surface area contributed by atoms with Crippen molar-refractivity contribution in [2.75, 3.05) is 13.1 Å². The largest absolute Gasteiger partial charge is 0.478 e. The summed E-state index contributed by atoms with van der Waals surface area (Å²) in [5, 5.41) is 18.1. The number of carboxylic acids is 1. The van der Waals surface area contributed by atoms with E-state index in [1.807, 2.05) is 5.01 Å². The second-order valence-corrected chi connectivity index (χ2v) is 8.27. The second-order valence-electron chi connectivity index (χ2n) is 8.27. The highest BCUT2D eigenvalue weighted by atomic mass is 16.4. The zero-order chi connectivity index (χ0) is 22.7. The molecule has 4 aliphatic rings. The lowest BCUT2D eigenvalue weighted by Crippen LogP contribution is -2.46. The summed E-state index contributed by atoms with van der Waals surface area (Å²) in [4.78, 5) is 35.5. The molecule has 170 valence electrons. The van der Waals surface area contributed by atoms with E-state index in [-0.39, 0.29) is 18.1 Å². The van der Waals surface area contributed by atoms with Crippen LogP contribution in [0.1, 0.15) is 29.0 Å². The maximum atomic E-state index is 13.5. The molecule has 1 unspecified atom stereocenters. The van der Waals surface area contributed by atoms with Gasteiger partial charge in [-0.05, 0) is 30.9 Å². The summed E-state index contributed by atoms with van der Waals surface area (Å²) in [6.07, 6.45) is 7.28. The molecule has 1 aliphatic carbocycles. The van der Waals surface area contributed by atoms with Gasteiger partial charge < -0.3 is 9.52 Å². The van der Waals surface area contributed by atoms with Gasteiger partial charge in [-0.25, -0.2) is 40.4 Å². The Morgan fingerprint density at radius 3 is 2.85 bits per heavy atom. The zero-order valence-electron chi connectivity index (χ0n) is 17.5. The Kier molecular flexibility index (Phi) is 4.26. The predicted molar refractivity (Wildman–Crippen MR) is 114 cm³/mol. The minimum Gasteiger partial charge on any atom is -0.478 e. The fourth-order valence-electron chi connectivity index (χ4n) is 4.19. The third kappa shape index (κ3) is 3.16. The molecule has 0 radical (unpaired) electrons. The van der Waals surface area contributed by atoms with E-state index < -0.39 is 12.3 Å². The number of nitrogens with zero attached hydrogens (tertiary/aromatic N) is 8. The predicted octanol–water partition coefficient (Wildman–Crippen LogP) is 0.821. The van der Waals surface area contributed by atoms with Gasteiger partial charge in [-0.3, -0.25) is 9.58 Å². The molecular formula is C20H21N9O4. The van der Waals surface area contributed by atoms with Crippen molar-refractivity contribution in [3.8, 4) is 0 Å². The molecule has 1 atom stereocenters. The van der Waals surface area contributed by atoms with Crippen LogP contribution in [0.5, 0.6) is 0 Å². The van der Waals surface area contributed by atoms with Gasteiger partial charge in [0.2, 0.25) is 6.29 Å². The summed E-state index contributed by atoms with van der Waals surface area (Å²) in [6.45, 7) is 1.18. The smallest absolute Gasteiger partial charge is 0.342 e. The number of rotatable bonds is 7. The lowest BCUT2D eigenvalue weighted by molar-refractivity contribution is 0.0590. The Morgan fingerprint density at radius 2 is 2.15 bits per heavy atom. The molecule has 0 bridgehead atoms. The van der Waals surface area contributed by atoms with Crippen LogP contribution in [0.2, 0.25) is 0 Å². The van der Waals surface area contributed by atoms with E-state index in [2.05, 4.69) is 10.1 Å². The summed E-state index contributed by atoms with van der Waals surface area (Å²) in [6, 6.07) is 3.40. The van der Waals surface area contributed by atoms with Gasteiger partial charge >= 0.3 is 12.0 Å². The van der Waals surface area contributed by atoms with E-state index in [1.165, 1.54) is 28.4 Å². The Labute approximate surface area is 187 Å². The summed E-state index contributed by atoms with van der Waals surface area (Å²) >= 11 is 0. The van der Waals surface area contributed by atoms with Crippen LogP contribution in [-0.4, -0.2) is 78.4 Å². The van der Waals surface area contributed by atoms with Crippen molar-refractivity contribution in [1.82, 2.24) is 29.7 Å². The van der Waals surface area contributed by atoms with E-state index in [0.29, 0.717) is 42.0 Å². The molecule has 33 heavy (non-hydrogen) atoms. The number of fused-ring (bicyclic) bond motifs is 3. The van der Waals surface area contributed by atoms with E-state index in [0.717, 1.165) is 12.8 Å². The van der Waals surface area contributed by atoms with Gasteiger partial charge in [0, 0.05) is 19.3 Å². The number of amidine groups is 1. The van der Waals surface area contributed by atoms with E-state index in [9.17, 15) is 9.59 Å². The Balaban J connectivity index is 1.35. The van der Waals surface area contributed by atoms with Crippen molar-refractivity contribution < 1.29 is 19.1 Å². The average Bonchev–Trinajstić information content (AvgIpc) is 3.20. The number of nitrogens with two attached hydrogens (primary N) is 1. The highest BCUT2D eigenvalue weighted by Crippen LogP contribution is 2.41. The van der Waals surface area contributed by atoms with Crippen LogP contribution < -0.4 is 5.84 Å². The molecule has 13 heteroatoms. The number of hydrogen-bond acceptors (Lipinski definition) is 9. The normalized spacial score (nSPS) is 21.8. The summed E-state index contributed by atoms with van der Waals surface area (Å²) < 4.78 is 7.09. The van der Waals surface area contributed by atoms with Gasteiger partial charge in [0.05, 0.1) is 24.6 Å². The maximum Gasteiger partial charge on any atom is 0.342 e. The molecular weight excluding hydrogens is 430 g/mol. The van der Waals surface area contributed by atoms with Gasteiger partial charge in [0.25, 0.3) is 0 Å². The number of carbonyl (C=O) groups excluding carboxylic acids is 1. The first kappa shape index (κ1) is 19.5. The highest BCUT2D eigenvalue weighted by molar-refractivity contribution is 6.12. The minimum absolute atomic E-state index is 0.0935. The summed E-state index contributed by atoms with van der Waals surface area (Å²) in [7, 11) is 0. The quantitative estimate of drug-likeness (QED) is 0.588. The van der Waals surface area contributed by atoms with Crippen molar-refractivity contribution in [3.05, 3.63) is 47.8 Å². The third-order valence-electron chi connectivity index (χ3n) is 6.02. The number of carbonyl (C=O) groups is 2. The molecule has 1 saturated carbocycles. The monoisotopic (exact) mass is 451 g/mol. The fraction of sp³-hybridized carbons (Fsp3) is 0.350. The molecule has 3 N–H and O–H groups in total. The number of hydrazine groups is 2. The van der Waals surface area contributed by atoms with Crippen LogP contribution in [0.15, 0.2) is 50.9 Å². The maximum absolute atomic E-state index is 13.5. The van der Waals surface area contributed by atoms with Crippen molar-refractivity contribution in [3.63, 3.8) is 0 Å². The molecule has 13 nitrogen and oxygen atoms in total. The lowest BCUT2D eigenvalue weighted by atomic mass is 10.2. The Hall–Kier alpha value is -4.13. The van der Waals surface area contributed by atoms with Gasteiger partial charge in [-0.1, -0.05) is 0 Å². The number of amides is 2. The molecule has 0 aromatic carbocycles. The molecule has 0 spiro atoms. The van der Waals surface area contributed by atoms with Crippen LogP contribution in [0.4, 0.5) is 4.79 Å². The highest BCUT2D eigenvalue weighted by Gasteiger charge is 2.53. The molecule has 6 rings (SSSR count). The Morgan fingerprint density at radius 1 is 1.30 bits per heavy atom. The molecule has 2 amide bonds. The number of urea groups is 1. The van der Waals surface area contributed by atoms with Gasteiger partial charge in [0.15, 0.2) is 11.6 Å². The number of furan rings is 1.